The van der Waals surface area contributed by atoms with Gasteiger partial charge in [0.05, 0.1) is 0 Å². The maximum Gasteiger partial charge on any atom is 1.00 e. The fourth-order valence-corrected chi connectivity index (χ4v) is 0. The van der Waals surface area contributed by atoms with Crippen LogP contribution in [0.2, 0.25) is 0 Å². The predicted octanol–water partition coefficient (Wildman–Crippen LogP) is -0.765. The van der Waals surface area contributed by atoms with Crippen LogP contribution in [0.25, 0.3) is 0 Å². The Bertz CT molecular complexity index is 27.0. The van der Waals surface area contributed by atoms with Gasteiger partial charge in [-0.25, -0.2) is 0 Å². The molecule has 0 N–H and O–H groups in total. The van der Waals surface area contributed by atoms with Crippen LogP contribution < -0.4 is 29.6 Å². The summed E-state index contributed by atoms with van der Waals surface area (Å²) in [6, 6.07) is 0. The summed E-state index contributed by atoms with van der Waals surface area (Å²) in [6.45, 7) is 0. The molecule has 0 aromatic carbocycles. The second kappa shape index (κ2) is 4.28. The fraction of sp³-hybridized carbons (Fsp3) is 0. The Kier molecular flexibility index (Phi) is 8.01. The summed E-state index contributed by atoms with van der Waals surface area (Å²) >= 11 is 2.19. The molecule has 0 fully saturated rings. The van der Waals surface area contributed by atoms with Crippen molar-refractivity contribution in [3.05, 3.63) is 0 Å². The van der Waals surface area contributed by atoms with Gasteiger partial charge in [-0.3, -0.25) is 44.7 Å². The van der Waals surface area contributed by atoms with E-state index in [0.29, 0.717) is 0 Å². The first kappa shape index (κ1) is 11.2. The molecule has 0 spiro atoms. The van der Waals surface area contributed by atoms with Crippen molar-refractivity contribution in [3.8, 4) is 0 Å². The van der Waals surface area contributed by atoms with E-state index in [2.05, 4.69) is 0 Å². The molecule has 0 unspecified atom stereocenters. The Morgan fingerprint density at radius 2 is 1.17 bits per heavy atom. The monoisotopic (exact) mass is 326 g/mol. The Balaban J connectivity index is 0. The molecule has 0 saturated carbocycles. The van der Waals surface area contributed by atoms with Crippen molar-refractivity contribution in [1.29, 1.82) is 0 Å². The first-order valence-corrected chi connectivity index (χ1v) is 3.36. The molecule has 0 bridgehead atoms. The van der Waals surface area contributed by atoms with Crippen LogP contribution in [0.1, 0.15) is 0 Å². The van der Waals surface area contributed by atoms with E-state index in [0.717, 1.165) is 44.7 Å². The van der Waals surface area contributed by atoms with Gasteiger partial charge in [-0.15, -0.1) is 0 Å². The molecule has 32 valence electrons. The minimum atomic E-state index is -3.06. The average molecular weight is 326 g/mol. The quantitative estimate of drug-likeness (QED) is 0.406. The summed E-state index contributed by atoms with van der Waals surface area (Å²) in [5.41, 5.74) is 0. The van der Waals surface area contributed by atoms with Gasteiger partial charge in [0.1, 0.15) is 0 Å². The van der Waals surface area contributed by atoms with E-state index in [1.807, 2.05) is 0 Å². The number of rotatable bonds is 0. The smallest absolute Gasteiger partial charge is 0.459 e. The largest absolute Gasteiger partial charge is 1.00 e. The van der Waals surface area contributed by atoms with Gasteiger partial charge in [0.15, 0.2) is 0 Å². The molecule has 0 aromatic rings. The molecule has 0 aromatic heterocycles. The van der Waals surface area contributed by atoms with Crippen LogP contribution in [-0.4, -0.2) is 2.41 Å². The van der Waals surface area contributed by atoms with Crippen molar-refractivity contribution in [2.75, 3.05) is 0 Å². The Morgan fingerprint density at radius 1 is 1.17 bits per heavy atom. The predicted molar refractivity (Wildman–Crippen MR) is 36.0 cm³/mol. The fourth-order valence-electron chi connectivity index (χ4n) is 0. The minimum Gasteiger partial charge on any atom is -0.459 e. The molecule has 0 radical (unpaired) electrons. The van der Waals surface area contributed by atoms with Gasteiger partial charge in [0.25, 0.3) is 0 Å². The second-order valence-corrected chi connectivity index (χ2v) is 6.01. The van der Waals surface area contributed by atoms with Gasteiger partial charge in [-0.1, -0.05) is 0 Å². The van der Waals surface area contributed by atoms with E-state index >= 15 is 0 Å². The van der Waals surface area contributed by atoms with Crippen molar-refractivity contribution >= 4 is 47.2 Å². The zero-order valence-corrected chi connectivity index (χ0v) is 9.40. The SMILES string of the molecule is F[B-](F)(I)I.[Na+]. The van der Waals surface area contributed by atoms with Gasteiger partial charge < -0.3 is 8.63 Å². The molecule has 0 atom stereocenters. The number of hydrogen-bond donors (Lipinski definition) is 0. The summed E-state index contributed by atoms with van der Waals surface area (Å²) in [4.78, 5) is 0. The molecule has 0 aliphatic carbocycles. The zero-order chi connectivity index (χ0) is 4.50. The van der Waals surface area contributed by atoms with Crippen LogP contribution in [0.3, 0.4) is 0 Å². The van der Waals surface area contributed by atoms with Gasteiger partial charge in [0.2, 0.25) is 0 Å². The van der Waals surface area contributed by atoms with Crippen LogP contribution >= 0.6 is 44.7 Å². The van der Waals surface area contributed by atoms with Crippen LogP contribution in [-0.2, 0) is 0 Å². The molecule has 0 aliphatic heterocycles. The maximum absolute atomic E-state index is 11.1. The van der Waals surface area contributed by atoms with E-state index in [9.17, 15) is 8.63 Å². The second-order valence-electron chi connectivity index (χ2n) is 0.495. The Hall–Kier alpha value is 2.38. The Morgan fingerprint density at radius 3 is 1.17 bits per heavy atom. The van der Waals surface area contributed by atoms with Crippen LogP contribution in [0.4, 0.5) is 8.63 Å². The molecular formula is BF2I2Na. The topological polar surface area (TPSA) is 0 Å². The zero-order valence-electron chi connectivity index (χ0n) is 3.09. The Labute approximate surface area is 83.9 Å². The van der Waals surface area contributed by atoms with Crippen LogP contribution in [0.5, 0.6) is 0 Å². The molecule has 0 heterocycles. The summed E-state index contributed by atoms with van der Waals surface area (Å²) in [6.07, 6.45) is 0. The van der Waals surface area contributed by atoms with Gasteiger partial charge in [-0.2, -0.15) is 0 Å². The molecule has 0 saturated heterocycles. The summed E-state index contributed by atoms with van der Waals surface area (Å²) in [7, 11) is 0. The summed E-state index contributed by atoms with van der Waals surface area (Å²) < 4.78 is 19.1. The van der Waals surface area contributed by atoms with Crippen molar-refractivity contribution in [2.45, 2.75) is 0 Å². The molecule has 6 heavy (non-hydrogen) atoms. The van der Waals surface area contributed by atoms with E-state index in [1.54, 1.807) is 0 Å². The van der Waals surface area contributed by atoms with E-state index in [4.69, 9.17) is 0 Å². The minimum absolute atomic E-state index is 0. The molecule has 0 aliphatic rings. The normalized spacial score (nSPS) is 10.0. The van der Waals surface area contributed by atoms with Crippen LogP contribution in [0.15, 0.2) is 0 Å². The average Bonchev–Trinajstić information content (AvgIpc) is 0.722. The van der Waals surface area contributed by atoms with Gasteiger partial charge >= 0.3 is 32.0 Å². The van der Waals surface area contributed by atoms with Gasteiger partial charge in [0, 0.05) is 0 Å². The standard InChI is InChI=1S/BF2I2.Na/c2-1(3,4)5;/q-1;+1. The van der Waals surface area contributed by atoms with Gasteiger partial charge in [-0.05, 0) is 0 Å². The third-order valence-electron chi connectivity index (χ3n) is 0. The van der Waals surface area contributed by atoms with E-state index in [1.165, 1.54) is 0 Å². The molecule has 6 heteroatoms. The molecular weight excluding hydrogens is 326 g/mol. The maximum atomic E-state index is 11.1. The summed E-state index contributed by atoms with van der Waals surface area (Å²) in [5.74, 6) is 0. The van der Waals surface area contributed by atoms with Crippen molar-refractivity contribution in [3.63, 3.8) is 0 Å². The van der Waals surface area contributed by atoms with Crippen molar-refractivity contribution < 1.29 is 38.2 Å². The number of hydrogen-bond acceptors (Lipinski definition) is 0. The van der Waals surface area contributed by atoms with Crippen LogP contribution in [0, 0.1) is 0 Å². The molecule has 0 rings (SSSR count). The molecule has 0 nitrogen and oxygen atoms in total. The van der Waals surface area contributed by atoms with Crippen molar-refractivity contribution in [2.24, 2.45) is 0 Å². The first-order chi connectivity index (χ1) is 2.00. The first-order valence-electron chi connectivity index (χ1n) is 0.873. The third-order valence-corrected chi connectivity index (χ3v) is 0. The third kappa shape index (κ3) is 32.6. The summed E-state index contributed by atoms with van der Waals surface area (Å²) in [5, 5.41) is 0. The molecule has 0 amide bonds. The van der Waals surface area contributed by atoms with E-state index in [-0.39, 0.29) is 29.6 Å². The number of halogens is 4. The van der Waals surface area contributed by atoms with Crippen molar-refractivity contribution in [1.82, 2.24) is 0 Å². The van der Waals surface area contributed by atoms with E-state index < -0.39 is 2.41 Å².